The number of hydrogen-bond donors (Lipinski definition) is 2. The van der Waals surface area contributed by atoms with Crippen LogP contribution in [0.25, 0.3) is 0 Å². The van der Waals surface area contributed by atoms with Gasteiger partial charge in [-0.25, -0.2) is 0 Å². The van der Waals surface area contributed by atoms with Crippen molar-refractivity contribution in [3.05, 3.63) is 27.3 Å². The number of nitrogens with two attached hydrogens (primary N) is 1. The molecule has 3 N–H and O–H groups in total. The van der Waals surface area contributed by atoms with Crippen LogP contribution in [0.4, 0.5) is 5.69 Å². The van der Waals surface area contributed by atoms with E-state index in [2.05, 4.69) is 28.0 Å². The summed E-state index contributed by atoms with van der Waals surface area (Å²) < 4.78 is 1.13. The smallest absolute Gasteiger partial charge is 0.0539 e. The number of nitrogen functional groups attached to an aromatic ring is 1. The van der Waals surface area contributed by atoms with Crippen LogP contribution in [-0.2, 0) is 5.88 Å². The van der Waals surface area contributed by atoms with Crippen LogP contribution >= 0.6 is 34.2 Å². The Balaban J connectivity index is 3.13. The van der Waals surface area contributed by atoms with Gasteiger partial charge in [-0.2, -0.15) is 0 Å². The highest BCUT2D eigenvalue weighted by molar-refractivity contribution is 14.1. The van der Waals surface area contributed by atoms with Crippen LogP contribution in [0, 0.1) is 3.57 Å². The maximum absolute atomic E-state index is 5.72. The SMILES string of the molecule is NNc1cccc(I)c1CCl. The first-order chi connectivity index (χ1) is 5.29. The lowest BCUT2D eigenvalue weighted by Crippen LogP contribution is -2.09. The van der Waals surface area contributed by atoms with E-state index >= 15 is 0 Å². The summed E-state index contributed by atoms with van der Waals surface area (Å²) in [6.07, 6.45) is 0. The predicted molar refractivity (Wildman–Crippen MR) is 56.5 cm³/mol. The van der Waals surface area contributed by atoms with Crippen LogP contribution in [0.5, 0.6) is 0 Å². The number of hydrazine groups is 1. The first-order valence-electron chi connectivity index (χ1n) is 3.09. The summed E-state index contributed by atoms with van der Waals surface area (Å²) in [5.41, 5.74) is 4.55. The van der Waals surface area contributed by atoms with Crippen molar-refractivity contribution in [3.8, 4) is 0 Å². The van der Waals surface area contributed by atoms with Gasteiger partial charge in [-0.1, -0.05) is 6.07 Å². The third kappa shape index (κ3) is 1.98. The molecular formula is C7H8ClIN2. The van der Waals surface area contributed by atoms with Gasteiger partial charge < -0.3 is 5.43 Å². The standard InChI is InChI=1S/C7H8ClIN2/c8-4-5-6(9)2-1-3-7(5)11-10/h1-3,11H,4,10H2. The Labute approximate surface area is 84.2 Å². The monoisotopic (exact) mass is 282 g/mol. The van der Waals surface area contributed by atoms with E-state index in [9.17, 15) is 0 Å². The molecular weight excluding hydrogens is 274 g/mol. The largest absolute Gasteiger partial charge is 0.324 e. The zero-order valence-electron chi connectivity index (χ0n) is 5.77. The third-order valence-electron chi connectivity index (χ3n) is 1.41. The van der Waals surface area contributed by atoms with Gasteiger partial charge in [0, 0.05) is 9.13 Å². The molecule has 0 saturated heterocycles. The van der Waals surface area contributed by atoms with Gasteiger partial charge in [0.25, 0.3) is 0 Å². The molecule has 0 bridgehead atoms. The minimum Gasteiger partial charge on any atom is -0.324 e. The Morgan fingerprint density at radius 1 is 1.55 bits per heavy atom. The molecule has 0 aliphatic heterocycles. The number of anilines is 1. The molecule has 0 spiro atoms. The number of alkyl halides is 1. The van der Waals surface area contributed by atoms with Crippen molar-refractivity contribution in [2.75, 3.05) is 5.43 Å². The highest BCUT2D eigenvalue weighted by Crippen LogP contribution is 2.22. The summed E-state index contributed by atoms with van der Waals surface area (Å²) >= 11 is 7.95. The van der Waals surface area contributed by atoms with E-state index in [-0.39, 0.29) is 0 Å². The van der Waals surface area contributed by atoms with E-state index in [4.69, 9.17) is 17.4 Å². The fourth-order valence-corrected chi connectivity index (χ4v) is 2.03. The summed E-state index contributed by atoms with van der Waals surface area (Å²) in [5, 5.41) is 0. The number of rotatable bonds is 2. The van der Waals surface area contributed by atoms with Crippen LogP contribution in [0.1, 0.15) is 5.56 Å². The number of nitrogens with one attached hydrogen (secondary N) is 1. The summed E-state index contributed by atoms with van der Waals surface area (Å²) in [7, 11) is 0. The fraction of sp³-hybridized carbons (Fsp3) is 0.143. The second-order valence-electron chi connectivity index (χ2n) is 2.04. The Morgan fingerprint density at radius 2 is 2.27 bits per heavy atom. The predicted octanol–water partition coefficient (Wildman–Crippen LogP) is 2.32. The van der Waals surface area contributed by atoms with Crippen molar-refractivity contribution >= 4 is 39.9 Å². The summed E-state index contributed by atoms with van der Waals surface area (Å²) in [6, 6.07) is 5.84. The molecule has 0 aliphatic carbocycles. The highest BCUT2D eigenvalue weighted by atomic mass is 127. The highest BCUT2D eigenvalue weighted by Gasteiger charge is 2.02. The first kappa shape index (κ1) is 9.09. The molecule has 0 unspecified atom stereocenters. The molecule has 4 heteroatoms. The van der Waals surface area contributed by atoms with Gasteiger partial charge in [-0.15, -0.1) is 11.6 Å². The van der Waals surface area contributed by atoms with Crippen molar-refractivity contribution in [3.63, 3.8) is 0 Å². The third-order valence-corrected chi connectivity index (χ3v) is 2.69. The molecule has 1 rings (SSSR count). The Morgan fingerprint density at radius 3 is 2.73 bits per heavy atom. The van der Waals surface area contributed by atoms with Crippen molar-refractivity contribution in [1.29, 1.82) is 0 Å². The Kier molecular flexibility index (Phi) is 3.42. The van der Waals surface area contributed by atoms with Crippen LogP contribution in [0.15, 0.2) is 18.2 Å². The maximum atomic E-state index is 5.72. The molecule has 0 saturated carbocycles. The van der Waals surface area contributed by atoms with Crippen molar-refractivity contribution in [2.24, 2.45) is 5.84 Å². The minimum absolute atomic E-state index is 0.485. The van der Waals surface area contributed by atoms with Crippen LogP contribution in [-0.4, -0.2) is 0 Å². The molecule has 0 amide bonds. The lowest BCUT2D eigenvalue weighted by Gasteiger charge is -2.06. The molecule has 1 aromatic carbocycles. The molecule has 0 heterocycles. The lowest BCUT2D eigenvalue weighted by atomic mass is 10.2. The summed E-state index contributed by atoms with van der Waals surface area (Å²) in [5.74, 6) is 5.77. The van der Waals surface area contributed by atoms with Gasteiger partial charge in [0.2, 0.25) is 0 Å². The number of hydrogen-bond acceptors (Lipinski definition) is 2. The molecule has 2 nitrogen and oxygen atoms in total. The fourth-order valence-electron chi connectivity index (χ4n) is 0.830. The molecule has 0 atom stereocenters. The van der Waals surface area contributed by atoms with Gasteiger partial charge in [0.15, 0.2) is 0 Å². The van der Waals surface area contributed by atoms with Gasteiger partial charge in [-0.3, -0.25) is 5.84 Å². The Bertz CT molecular complexity index is 252. The van der Waals surface area contributed by atoms with E-state index in [1.165, 1.54) is 0 Å². The quantitative estimate of drug-likeness (QED) is 0.378. The number of benzene rings is 1. The van der Waals surface area contributed by atoms with E-state index in [0.717, 1.165) is 14.8 Å². The minimum atomic E-state index is 0.485. The average molecular weight is 283 g/mol. The van der Waals surface area contributed by atoms with E-state index in [1.807, 2.05) is 18.2 Å². The van der Waals surface area contributed by atoms with Crippen molar-refractivity contribution in [1.82, 2.24) is 0 Å². The molecule has 0 radical (unpaired) electrons. The van der Waals surface area contributed by atoms with Gasteiger partial charge in [0.1, 0.15) is 0 Å². The van der Waals surface area contributed by atoms with Crippen molar-refractivity contribution < 1.29 is 0 Å². The number of halogens is 2. The molecule has 11 heavy (non-hydrogen) atoms. The van der Waals surface area contributed by atoms with Crippen molar-refractivity contribution in [2.45, 2.75) is 5.88 Å². The van der Waals surface area contributed by atoms with Gasteiger partial charge >= 0.3 is 0 Å². The summed E-state index contributed by atoms with van der Waals surface area (Å²) in [4.78, 5) is 0. The van der Waals surface area contributed by atoms with E-state index in [0.29, 0.717) is 5.88 Å². The van der Waals surface area contributed by atoms with Crippen LogP contribution in [0.2, 0.25) is 0 Å². The Hall–Kier alpha value is -0.0000000000000000555. The molecule has 0 fully saturated rings. The molecule has 0 aliphatic rings. The normalized spacial score (nSPS) is 9.73. The van der Waals surface area contributed by atoms with Gasteiger partial charge in [0.05, 0.1) is 11.6 Å². The topological polar surface area (TPSA) is 38.0 Å². The van der Waals surface area contributed by atoms with Crippen LogP contribution in [0.3, 0.4) is 0 Å². The van der Waals surface area contributed by atoms with Gasteiger partial charge in [-0.05, 0) is 34.7 Å². The molecule has 0 aromatic heterocycles. The van der Waals surface area contributed by atoms with Crippen LogP contribution < -0.4 is 11.3 Å². The first-order valence-corrected chi connectivity index (χ1v) is 4.71. The summed E-state index contributed by atoms with van der Waals surface area (Å²) in [6.45, 7) is 0. The van der Waals surface area contributed by atoms with E-state index < -0.39 is 0 Å². The molecule has 60 valence electrons. The average Bonchev–Trinajstić information content (AvgIpc) is 2.04. The van der Waals surface area contributed by atoms with E-state index in [1.54, 1.807) is 0 Å². The zero-order chi connectivity index (χ0) is 8.27. The zero-order valence-corrected chi connectivity index (χ0v) is 8.69. The maximum Gasteiger partial charge on any atom is 0.0539 e. The second-order valence-corrected chi connectivity index (χ2v) is 3.47. The molecule has 1 aromatic rings. The second kappa shape index (κ2) is 4.13. The lowest BCUT2D eigenvalue weighted by molar-refractivity contribution is 1.27.